The molecule has 2 rings (SSSR count). The largest absolute Gasteiger partial charge is 0.316 e. The number of fused-ring (bicyclic) bond motifs is 1. The Bertz CT molecular complexity index is 356. The third kappa shape index (κ3) is 2.51. The fourth-order valence-corrected chi connectivity index (χ4v) is 5.28. The minimum absolute atomic E-state index is 0.233. The summed E-state index contributed by atoms with van der Waals surface area (Å²) in [7, 11) is -3.02. The van der Waals surface area contributed by atoms with Crippen molar-refractivity contribution in [3.8, 4) is 0 Å². The third-order valence-corrected chi connectivity index (χ3v) is 6.14. The lowest BCUT2D eigenvalue weighted by molar-refractivity contribution is 0.328. The number of hydrogen-bond acceptors (Lipinski definition) is 3. The van der Waals surface area contributed by atoms with Gasteiger partial charge in [-0.05, 0) is 37.8 Å². The molecule has 17 heavy (non-hydrogen) atoms. The number of rotatable bonds is 5. The van der Waals surface area contributed by atoms with Crippen LogP contribution in [0.2, 0.25) is 0 Å². The van der Waals surface area contributed by atoms with Gasteiger partial charge in [0.2, 0.25) is 10.0 Å². The lowest BCUT2D eigenvalue weighted by atomic mass is 9.93. The Kier molecular flexibility index (Phi) is 4.10. The molecule has 0 aromatic carbocycles. The van der Waals surface area contributed by atoms with Crippen molar-refractivity contribution in [2.24, 2.45) is 11.8 Å². The van der Waals surface area contributed by atoms with Gasteiger partial charge in [-0.1, -0.05) is 20.3 Å². The Balaban J connectivity index is 2.10. The molecule has 100 valence electrons. The molecule has 0 bridgehead atoms. The summed E-state index contributed by atoms with van der Waals surface area (Å²) in [6.45, 7) is 6.86. The van der Waals surface area contributed by atoms with Crippen molar-refractivity contribution in [3.63, 3.8) is 0 Å². The molecule has 0 spiro atoms. The van der Waals surface area contributed by atoms with Gasteiger partial charge in [0.1, 0.15) is 0 Å². The van der Waals surface area contributed by atoms with Gasteiger partial charge < -0.3 is 5.32 Å². The van der Waals surface area contributed by atoms with Gasteiger partial charge in [-0.15, -0.1) is 0 Å². The first-order valence-electron chi connectivity index (χ1n) is 6.80. The molecule has 3 atom stereocenters. The Hall–Kier alpha value is -0.130. The van der Waals surface area contributed by atoms with E-state index < -0.39 is 10.0 Å². The molecule has 2 saturated heterocycles. The minimum Gasteiger partial charge on any atom is -0.316 e. The first-order chi connectivity index (χ1) is 8.10. The molecule has 5 heteroatoms. The van der Waals surface area contributed by atoms with Crippen molar-refractivity contribution in [2.75, 3.05) is 25.4 Å². The van der Waals surface area contributed by atoms with Crippen molar-refractivity contribution < 1.29 is 8.42 Å². The number of hydrogen-bond donors (Lipinski definition) is 1. The molecule has 0 saturated carbocycles. The zero-order valence-electron chi connectivity index (χ0n) is 10.9. The predicted octanol–water partition coefficient (Wildman–Crippen LogP) is 1.05. The van der Waals surface area contributed by atoms with E-state index in [-0.39, 0.29) is 6.04 Å². The van der Waals surface area contributed by atoms with Crippen LogP contribution in [0.4, 0.5) is 0 Å². The lowest BCUT2D eigenvalue weighted by Crippen LogP contribution is -2.40. The molecule has 2 heterocycles. The first kappa shape index (κ1) is 13.3. The third-order valence-electron chi connectivity index (χ3n) is 4.20. The van der Waals surface area contributed by atoms with Crippen molar-refractivity contribution in [1.82, 2.24) is 9.62 Å². The van der Waals surface area contributed by atoms with Gasteiger partial charge in [-0.2, -0.15) is 4.31 Å². The molecule has 4 nitrogen and oxygen atoms in total. The summed E-state index contributed by atoms with van der Waals surface area (Å²) < 4.78 is 26.4. The van der Waals surface area contributed by atoms with Gasteiger partial charge in [-0.3, -0.25) is 0 Å². The molecule has 3 unspecified atom stereocenters. The van der Waals surface area contributed by atoms with E-state index in [0.29, 0.717) is 17.6 Å². The molecule has 2 fully saturated rings. The maximum absolute atomic E-state index is 12.3. The number of unbranched alkanes of at least 4 members (excludes halogenated alkanes) is 1. The molecule has 0 aliphatic carbocycles. The Morgan fingerprint density at radius 2 is 2.06 bits per heavy atom. The van der Waals surface area contributed by atoms with E-state index in [9.17, 15) is 8.42 Å². The highest BCUT2D eigenvalue weighted by molar-refractivity contribution is 7.89. The second-order valence-electron chi connectivity index (χ2n) is 5.30. The average Bonchev–Trinajstić information content (AvgIpc) is 2.85. The maximum atomic E-state index is 12.3. The van der Waals surface area contributed by atoms with Gasteiger partial charge in [0.15, 0.2) is 0 Å². The summed E-state index contributed by atoms with van der Waals surface area (Å²) in [6.07, 6.45) is 2.66. The molecule has 0 aromatic heterocycles. The summed E-state index contributed by atoms with van der Waals surface area (Å²) in [4.78, 5) is 0. The summed E-state index contributed by atoms with van der Waals surface area (Å²) in [6, 6.07) is 0.233. The van der Waals surface area contributed by atoms with Crippen molar-refractivity contribution in [3.05, 3.63) is 0 Å². The zero-order valence-corrected chi connectivity index (χ0v) is 11.7. The Labute approximate surface area is 105 Å². The van der Waals surface area contributed by atoms with Gasteiger partial charge in [0.25, 0.3) is 0 Å². The Morgan fingerprint density at radius 3 is 2.71 bits per heavy atom. The minimum atomic E-state index is -3.02. The highest BCUT2D eigenvalue weighted by Gasteiger charge is 2.47. The van der Waals surface area contributed by atoms with Crippen LogP contribution in [0.25, 0.3) is 0 Å². The molecular formula is C12H24N2O2S. The standard InChI is InChI=1S/C12H24N2O2S/c1-3-5-6-17(15,16)14-9-10-7-13-8-11(10)12(14)4-2/h10-13H,3-9H2,1-2H3. The number of sulfonamides is 1. The van der Waals surface area contributed by atoms with E-state index in [1.807, 2.05) is 6.92 Å². The normalized spacial score (nSPS) is 34.1. The van der Waals surface area contributed by atoms with E-state index in [4.69, 9.17) is 0 Å². The molecular weight excluding hydrogens is 236 g/mol. The smallest absolute Gasteiger partial charge is 0.214 e. The second-order valence-corrected chi connectivity index (χ2v) is 7.34. The van der Waals surface area contributed by atoms with Crippen LogP contribution in [0.5, 0.6) is 0 Å². The van der Waals surface area contributed by atoms with Crippen molar-refractivity contribution in [1.29, 1.82) is 0 Å². The van der Waals surface area contributed by atoms with Gasteiger partial charge in [0, 0.05) is 12.6 Å². The van der Waals surface area contributed by atoms with E-state index in [1.54, 1.807) is 4.31 Å². The van der Waals surface area contributed by atoms with Crippen LogP contribution >= 0.6 is 0 Å². The molecule has 2 aliphatic rings. The number of nitrogens with zero attached hydrogens (tertiary/aromatic N) is 1. The van der Waals surface area contributed by atoms with Crippen molar-refractivity contribution in [2.45, 2.75) is 39.2 Å². The number of nitrogens with one attached hydrogen (secondary N) is 1. The highest BCUT2D eigenvalue weighted by Crippen LogP contribution is 2.36. The lowest BCUT2D eigenvalue weighted by Gasteiger charge is -2.26. The fourth-order valence-electron chi connectivity index (χ4n) is 3.25. The van der Waals surface area contributed by atoms with Crippen LogP contribution in [0.15, 0.2) is 0 Å². The zero-order chi connectivity index (χ0) is 12.5. The Morgan fingerprint density at radius 1 is 1.29 bits per heavy atom. The highest BCUT2D eigenvalue weighted by atomic mass is 32.2. The quantitative estimate of drug-likeness (QED) is 0.804. The van der Waals surface area contributed by atoms with Crippen LogP contribution in [0.1, 0.15) is 33.1 Å². The maximum Gasteiger partial charge on any atom is 0.214 e. The summed E-state index contributed by atoms with van der Waals surface area (Å²) in [5, 5.41) is 3.38. The van der Waals surface area contributed by atoms with E-state index in [0.717, 1.165) is 38.9 Å². The van der Waals surface area contributed by atoms with E-state index in [1.165, 1.54) is 0 Å². The second kappa shape index (κ2) is 5.24. The SMILES string of the molecule is CCCCS(=O)(=O)N1CC2CNCC2C1CC. The van der Waals surface area contributed by atoms with E-state index >= 15 is 0 Å². The molecule has 1 N–H and O–H groups in total. The summed E-state index contributed by atoms with van der Waals surface area (Å²) in [5.41, 5.74) is 0. The van der Waals surface area contributed by atoms with Crippen LogP contribution in [0, 0.1) is 11.8 Å². The average molecular weight is 260 g/mol. The topological polar surface area (TPSA) is 49.4 Å². The monoisotopic (exact) mass is 260 g/mol. The molecule has 0 radical (unpaired) electrons. The van der Waals surface area contributed by atoms with Crippen LogP contribution in [0.3, 0.4) is 0 Å². The molecule has 2 aliphatic heterocycles. The van der Waals surface area contributed by atoms with Crippen LogP contribution in [-0.2, 0) is 10.0 Å². The van der Waals surface area contributed by atoms with Crippen LogP contribution < -0.4 is 5.32 Å². The predicted molar refractivity (Wildman–Crippen MR) is 69.3 cm³/mol. The van der Waals surface area contributed by atoms with Gasteiger partial charge >= 0.3 is 0 Å². The first-order valence-corrected chi connectivity index (χ1v) is 8.41. The summed E-state index contributed by atoms with van der Waals surface area (Å²) in [5.74, 6) is 1.40. The van der Waals surface area contributed by atoms with Crippen molar-refractivity contribution >= 4 is 10.0 Å². The van der Waals surface area contributed by atoms with Gasteiger partial charge in [-0.25, -0.2) is 8.42 Å². The van der Waals surface area contributed by atoms with E-state index in [2.05, 4.69) is 12.2 Å². The molecule has 0 amide bonds. The summed E-state index contributed by atoms with van der Waals surface area (Å²) >= 11 is 0. The van der Waals surface area contributed by atoms with Gasteiger partial charge in [0.05, 0.1) is 5.75 Å². The molecule has 0 aromatic rings. The fraction of sp³-hybridized carbons (Fsp3) is 1.00. The van der Waals surface area contributed by atoms with Crippen LogP contribution in [-0.4, -0.2) is 44.2 Å².